The molecule has 0 aliphatic rings. The van der Waals surface area contributed by atoms with Gasteiger partial charge in [-0.05, 0) is 18.4 Å². The lowest BCUT2D eigenvalue weighted by Gasteiger charge is -2.12. The van der Waals surface area contributed by atoms with Crippen molar-refractivity contribution in [2.24, 2.45) is 0 Å². The van der Waals surface area contributed by atoms with Crippen molar-refractivity contribution in [3.8, 4) is 0 Å². The van der Waals surface area contributed by atoms with Crippen molar-refractivity contribution < 1.29 is 22.5 Å². The first-order valence-corrected chi connectivity index (χ1v) is 7.23. The Kier molecular flexibility index (Phi) is 5.72. The largest absolute Gasteiger partial charge is 0.460 e. The molecule has 1 aromatic rings. The molecule has 19 heavy (non-hydrogen) atoms. The standard InChI is InChI=1S/C13H16O5S/c1-2-10-18-13(14)12(19(15,16)17)9-8-11-6-4-3-5-7-11/h2-7,12H,1,8-10H2,(H,15,16,17). The molecule has 0 aliphatic heterocycles. The van der Waals surface area contributed by atoms with E-state index in [2.05, 4.69) is 11.3 Å². The summed E-state index contributed by atoms with van der Waals surface area (Å²) in [7, 11) is -4.47. The van der Waals surface area contributed by atoms with E-state index in [4.69, 9.17) is 4.55 Å². The molecule has 0 spiro atoms. The molecule has 0 radical (unpaired) electrons. The number of aryl methyl sites for hydroxylation is 1. The van der Waals surface area contributed by atoms with Crippen LogP contribution in [0.1, 0.15) is 12.0 Å². The summed E-state index contributed by atoms with van der Waals surface area (Å²) < 4.78 is 36.1. The van der Waals surface area contributed by atoms with Gasteiger partial charge >= 0.3 is 5.97 Å². The zero-order valence-corrected chi connectivity index (χ0v) is 11.2. The average molecular weight is 284 g/mol. The predicted molar refractivity (Wildman–Crippen MR) is 71.3 cm³/mol. The number of carbonyl (C=O) groups excluding carboxylic acids is 1. The van der Waals surface area contributed by atoms with Crippen LogP contribution in [-0.2, 0) is 26.1 Å². The van der Waals surface area contributed by atoms with Crippen LogP contribution in [0.15, 0.2) is 43.0 Å². The molecule has 1 atom stereocenters. The van der Waals surface area contributed by atoms with E-state index in [1.54, 1.807) is 0 Å². The fraction of sp³-hybridized carbons (Fsp3) is 0.308. The van der Waals surface area contributed by atoms with Crippen LogP contribution in [0.3, 0.4) is 0 Å². The molecule has 0 amide bonds. The summed E-state index contributed by atoms with van der Waals surface area (Å²) >= 11 is 0. The number of benzene rings is 1. The van der Waals surface area contributed by atoms with Gasteiger partial charge in [0.1, 0.15) is 6.61 Å². The van der Waals surface area contributed by atoms with Gasteiger partial charge in [-0.2, -0.15) is 8.42 Å². The normalized spacial score (nSPS) is 12.7. The van der Waals surface area contributed by atoms with E-state index in [-0.39, 0.29) is 13.0 Å². The predicted octanol–water partition coefficient (Wildman–Crippen LogP) is 1.60. The Bertz CT molecular complexity index is 521. The number of ether oxygens (including phenoxy) is 1. The van der Waals surface area contributed by atoms with Crippen molar-refractivity contribution in [1.82, 2.24) is 0 Å². The van der Waals surface area contributed by atoms with Gasteiger partial charge in [-0.25, -0.2) is 0 Å². The molecule has 0 fully saturated rings. The lowest BCUT2D eigenvalue weighted by atomic mass is 10.1. The average Bonchev–Trinajstić information content (AvgIpc) is 2.36. The van der Waals surface area contributed by atoms with E-state index in [0.717, 1.165) is 5.56 Å². The zero-order chi connectivity index (χ0) is 14.3. The molecule has 104 valence electrons. The van der Waals surface area contributed by atoms with Gasteiger partial charge in [0.15, 0.2) is 5.25 Å². The number of carbonyl (C=O) groups is 1. The van der Waals surface area contributed by atoms with Gasteiger partial charge in [0.05, 0.1) is 0 Å². The molecule has 1 aromatic carbocycles. The topological polar surface area (TPSA) is 80.7 Å². The number of esters is 1. The Hall–Kier alpha value is -1.66. The molecule has 0 saturated heterocycles. The van der Waals surface area contributed by atoms with Gasteiger partial charge in [0.25, 0.3) is 10.1 Å². The fourth-order valence-electron chi connectivity index (χ4n) is 1.56. The first kappa shape index (κ1) is 15.4. The van der Waals surface area contributed by atoms with E-state index in [1.807, 2.05) is 30.3 Å². The van der Waals surface area contributed by atoms with Crippen LogP contribution in [0.25, 0.3) is 0 Å². The molecule has 1 N–H and O–H groups in total. The van der Waals surface area contributed by atoms with E-state index in [1.165, 1.54) is 6.08 Å². The number of hydrogen-bond donors (Lipinski definition) is 1. The minimum atomic E-state index is -4.47. The maximum atomic E-state index is 11.6. The maximum absolute atomic E-state index is 11.6. The first-order valence-electron chi connectivity index (χ1n) is 5.73. The molecule has 0 aliphatic carbocycles. The van der Waals surface area contributed by atoms with Crippen LogP contribution in [0.5, 0.6) is 0 Å². The summed E-state index contributed by atoms with van der Waals surface area (Å²) in [5, 5.41) is -1.56. The van der Waals surface area contributed by atoms with Crippen LogP contribution >= 0.6 is 0 Å². The van der Waals surface area contributed by atoms with Crippen molar-refractivity contribution in [1.29, 1.82) is 0 Å². The molecule has 0 heterocycles. The Morgan fingerprint density at radius 2 is 2.00 bits per heavy atom. The fourth-order valence-corrected chi connectivity index (χ4v) is 2.29. The van der Waals surface area contributed by atoms with Crippen LogP contribution in [0, 0.1) is 0 Å². The lowest BCUT2D eigenvalue weighted by Crippen LogP contribution is -2.32. The summed E-state index contributed by atoms with van der Waals surface area (Å²) in [5.41, 5.74) is 0.882. The molecule has 0 bridgehead atoms. The molecule has 6 heteroatoms. The minimum Gasteiger partial charge on any atom is -0.460 e. The van der Waals surface area contributed by atoms with Crippen LogP contribution in [0.4, 0.5) is 0 Å². The van der Waals surface area contributed by atoms with Crippen molar-refractivity contribution in [3.05, 3.63) is 48.6 Å². The molecule has 1 unspecified atom stereocenters. The quantitative estimate of drug-likeness (QED) is 0.467. The second kappa shape index (κ2) is 7.06. The highest BCUT2D eigenvalue weighted by Gasteiger charge is 2.32. The van der Waals surface area contributed by atoms with Crippen LogP contribution in [-0.4, -0.2) is 30.8 Å². The summed E-state index contributed by atoms with van der Waals surface area (Å²) in [6.07, 6.45) is 1.66. The highest BCUT2D eigenvalue weighted by molar-refractivity contribution is 7.87. The van der Waals surface area contributed by atoms with Crippen molar-refractivity contribution in [2.45, 2.75) is 18.1 Å². The third kappa shape index (κ3) is 5.23. The lowest BCUT2D eigenvalue weighted by molar-refractivity contribution is -0.142. The van der Waals surface area contributed by atoms with Gasteiger partial charge in [0, 0.05) is 0 Å². The highest BCUT2D eigenvalue weighted by Crippen LogP contribution is 2.12. The third-order valence-electron chi connectivity index (χ3n) is 2.50. The maximum Gasteiger partial charge on any atom is 0.327 e. The van der Waals surface area contributed by atoms with E-state index < -0.39 is 21.3 Å². The Morgan fingerprint density at radius 3 is 2.53 bits per heavy atom. The summed E-state index contributed by atoms with van der Waals surface area (Å²) in [5.74, 6) is -0.960. The monoisotopic (exact) mass is 284 g/mol. The molecule has 0 saturated carbocycles. The minimum absolute atomic E-state index is 0.0289. The van der Waals surface area contributed by atoms with Gasteiger partial charge in [0.2, 0.25) is 0 Å². The summed E-state index contributed by atoms with van der Waals surface area (Å²) in [6.45, 7) is 3.27. The van der Waals surface area contributed by atoms with E-state index in [0.29, 0.717) is 6.42 Å². The Labute approximate surface area is 112 Å². The summed E-state index contributed by atoms with van der Waals surface area (Å²) in [4.78, 5) is 11.6. The van der Waals surface area contributed by atoms with Crippen LogP contribution < -0.4 is 0 Å². The Morgan fingerprint density at radius 1 is 1.37 bits per heavy atom. The van der Waals surface area contributed by atoms with E-state index in [9.17, 15) is 13.2 Å². The smallest absolute Gasteiger partial charge is 0.327 e. The van der Waals surface area contributed by atoms with Gasteiger partial charge in [-0.3, -0.25) is 9.35 Å². The van der Waals surface area contributed by atoms with Crippen molar-refractivity contribution >= 4 is 16.1 Å². The third-order valence-corrected chi connectivity index (χ3v) is 3.65. The molecule has 5 nitrogen and oxygen atoms in total. The highest BCUT2D eigenvalue weighted by atomic mass is 32.2. The van der Waals surface area contributed by atoms with Gasteiger partial charge in [-0.15, -0.1) is 0 Å². The van der Waals surface area contributed by atoms with E-state index >= 15 is 0 Å². The SMILES string of the molecule is C=CCOC(=O)C(CCc1ccccc1)S(=O)(=O)O. The molecule has 1 rings (SSSR count). The van der Waals surface area contributed by atoms with Crippen molar-refractivity contribution in [2.75, 3.05) is 6.61 Å². The summed E-state index contributed by atoms with van der Waals surface area (Å²) in [6, 6.07) is 9.09. The number of hydrogen-bond acceptors (Lipinski definition) is 4. The van der Waals surface area contributed by atoms with Gasteiger partial charge < -0.3 is 4.74 Å². The zero-order valence-electron chi connectivity index (χ0n) is 10.4. The van der Waals surface area contributed by atoms with Crippen LogP contribution in [0.2, 0.25) is 0 Å². The molecular formula is C13H16O5S. The molecular weight excluding hydrogens is 268 g/mol. The second-order valence-corrected chi connectivity index (χ2v) is 5.55. The second-order valence-electron chi connectivity index (χ2n) is 3.95. The first-order chi connectivity index (χ1) is 8.95. The molecule has 0 aromatic heterocycles. The Balaban J connectivity index is 2.71. The number of rotatable bonds is 7. The van der Waals surface area contributed by atoms with Gasteiger partial charge in [-0.1, -0.05) is 43.0 Å². The van der Waals surface area contributed by atoms with Crippen molar-refractivity contribution in [3.63, 3.8) is 0 Å².